The van der Waals surface area contributed by atoms with E-state index in [1.807, 2.05) is 56.3 Å². The van der Waals surface area contributed by atoms with Crippen molar-refractivity contribution in [3.05, 3.63) is 65.2 Å². The first kappa shape index (κ1) is 23.8. The van der Waals surface area contributed by atoms with E-state index in [4.69, 9.17) is 16.3 Å². The maximum atomic E-state index is 12.9. The molecule has 0 bridgehead atoms. The highest BCUT2D eigenvalue weighted by Crippen LogP contribution is 2.28. The number of carbonyl (C=O) groups is 2. The van der Waals surface area contributed by atoms with Crippen molar-refractivity contribution in [3.8, 4) is 10.6 Å². The number of nitrogens with one attached hydrogen (secondary N) is 2. The van der Waals surface area contributed by atoms with Gasteiger partial charge in [0.1, 0.15) is 17.7 Å². The zero-order valence-electron chi connectivity index (χ0n) is 17.9. The molecule has 0 radical (unpaired) electrons. The monoisotopic (exact) mass is 472 g/mol. The van der Waals surface area contributed by atoms with Crippen molar-refractivity contribution in [2.75, 3.05) is 11.9 Å². The fourth-order valence-corrected chi connectivity index (χ4v) is 3.88. The van der Waals surface area contributed by atoms with Gasteiger partial charge in [0.2, 0.25) is 16.9 Å². The Morgan fingerprint density at radius 3 is 2.62 bits per heavy atom. The van der Waals surface area contributed by atoms with Gasteiger partial charge in [-0.05, 0) is 23.6 Å². The molecule has 9 heteroatoms. The van der Waals surface area contributed by atoms with E-state index >= 15 is 0 Å². The second-order valence-corrected chi connectivity index (χ2v) is 8.74. The summed E-state index contributed by atoms with van der Waals surface area (Å²) < 4.78 is 5.48. The minimum Gasteiger partial charge on any atom is -0.367 e. The number of nitrogens with zero attached hydrogens (tertiary/aromatic N) is 2. The lowest BCUT2D eigenvalue weighted by Crippen LogP contribution is -2.48. The minimum absolute atomic E-state index is 0.0756. The van der Waals surface area contributed by atoms with Gasteiger partial charge < -0.3 is 10.1 Å². The third-order valence-corrected chi connectivity index (χ3v) is 6.01. The molecule has 3 rings (SSSR count). The number of anilines is 1. The third-order valence-electron chi connectivity index (χ3n) is 4.88. The fraction of sp³-hybridized carbons (Fsp3) is 0.304. The van der Waals surface area contributed by atoms with Crippen LogP contribution in [0.1, 0.15) is 25.8 Å². The van der Waals surface area contributed by atoms with Crippen LogP contribution in [0.5, 0.6) is 0 Å². The summed E-state index contributed by atoms with van der Waals surface area (Å²) in [6, 6.07) is 16.1. The number of halogens is 1. The summed E-state index contributed by atoms with van der Waals surface area (Å²) in [6.07, 6.45) is 0.715. The summed E-state index contributed by atoms with van der Waals surface area (Å²) in [6.45, 7) is 4.07. The van der Waals surface area contributed by atoms with Crippen molar-refractivity contribution in [2.45, 2.75) is 32.9 Å². The van der Waals surface area contributed by atoms with Gasteiger partial charge in [0.25, 0.3) is 0 Å². The van der Waals surface area contributed by atoms with Gasteiger partial charge >= 0.3 is 0 Å². The number of aromatic nitrogens is 2. The Morgan fingerprint density at radius 1 is 1.12 bits per heavy atom. The topological polar surface area (TPSA) is 93.2 Å². The second kappa shape index (κ2) is 11.7. The Labute approximate surface area is 196 Å². The SMILES string of the molecule is CCC(C)C(NC(=O)COCc1ccccc1)C(=O)Nc1nnc(-c2cccc(Cl)c2)s1. The molecule has 2 aromatic carbocycles. The van der Waals surface area contributed by atoms with Crippen molar-refractivity contribution in [1.82, 2.24) is 15.5 Å². The highest BCUT2D eigenvalue weighted by molar-refractivity contribution is 7.18. The lowest BCUT2D eigenvalue weighted by Gasteiger charge is -2.22. The summed E-state index contributed by atoms with van der Waals surface area (Å²) in [5.74, 6) is -0.767. The normalized spacial score (nSPS) is 12.7. The van der Waals surface area contributed by atoms with E-state index in [2.05, 4.69) is 20.8 Å². The molecule has 0 fully saturated rings. The van der Waals surface area contributed by atoms with Crippen LogP contribution in [0.4, 0.5) is 5.13 Å². The smallest absolute Gasteiger partial charge is 0.249 e. The van der Waals surface area contributed by atoms with E-state index in [0.717, 1.165) is 11.1 Å². The zero-order chi connectivity index (χ0) is 22.9. The molecule has 0 aliphatic carbocycles. The maximum Gasteiger partial charge on any atom is 0.249 e. The van der Waals surface area contributed by atoms with Crippen LogP contribution in [0, 0.1) is 5.92 Å². The van der Waals surface area contributed by atoms with Crippen LogP contribution in [0.2, 0.25) is 5.02 Å². The molecule has 3 aromatic rings. The molecule has 2 unspecified atom stereocenters. The van der Waals surface area contributed by atoms with Gasteiger partial charge in [-0.15, -0.1) is 10.2 Å². The molecule has 32 heavy (non-hydrogen) atoms. The summed E-state index contributed by atoms with van der Waals surface area (Å²) in [7, 11) is 0. The third kappa shape index (κ3) is 6.85. The summed E-state index contributed by atoms with van der Waals surface area (Å²) >= 11 is 7.27. The number of ether oxygens (including phenoxy) is 1. The van der Waals surface area contributed by atoms with E-state index in [0.29, 0.717) is 28.2 Å². The van der Waals surface area contributed by atoms with Gasteiger partial charge in [-0.25, -0.2) is 0 Å². The molecule has 2 atom stereocenters. The number of hydrogen-bond donors (Lipinski definition) is 2. The van der Waals surface area contributed by atoms with E-state index in [1.54, 1.807) is 12.1 Å². The fourth-order valence-electron chi connectivity index (χ4n) is 2.95. The van der Waals surface area contributed by atoms with Gasteiger partial charge in [0.05, 0.1) is 6.61 Å². The Hall–Kier alpha value is -2.81. The van der Waals surface area contributed by atoms with Gasteiger partial charge in [-0.1, -0.05) is 85.7 Å². The Morgan fingerprint density at radius 2 is 1.91 bits per heavy atom. The van der Waals surface area contributed by atoms with Gasteiger partial charge in [0.15, 0.2) is 0 Å². The zero-order valence-corrected chi connectivity index (χ0v) is 19.4. The second-order valence-electron chi connectivity index (χ2n) is 7.32. The predicted molar refractivity (Wildman–Crippen MR) is 126 cm³/mol. The van der Waals surface area contributed by atoms with E-state index in [-0.39, 0.29) is 24.3 Å². The number of carbonyl (C=O) groups excluding carboxylic acids is 2. The minimum atomic E-state index is -0.716. The number of rotatable bonds is 10. The molecule has 168 valence electrons. The first-order valence-corrected chi connectivity index (χ1v) is 11.5. The first-order chi connectivity index (χ1) is 15.5. The summed E-state index contributed by atoms with van der Waals surface area (Å²) in [4.78, 5) is 25.3. The van der Waals surface area contributed by atoms with Crippen LogP contribution in [0.15, 0.2) is 54.6 Å². The standard InChI is InChI=1S/C23H25ClN4O3S/c1-3-15(2)20(25-19(29)14-31-13-16-8-5-4-6-9-16)21(30)26-23-28-27-22(32-23)17-10-7-11-18(24)12-17/h4-12,15,20H,3,13-14H2,1-2H3,(H,25,29)(H,26,28,30). The van der Waals surface area contributed by atoms with Crippen molar-refractivity contribution < 1.29 is 14.3 Å². The highest BCUT2D eigenvalue weighted by atomic mass is 35.5. The van der Waals surface area contributed by atoms with Gasteiger partial charge in [0, 0.05) is 10.6 Å². The molecule has 1 aromatic heterocycles. The van der Waals surface area contributed by atoms with Crippen molar-refractivity contribution in [1.29, 1.82) is 0 Å². The van der Waals surface area contributed by atoms with Crippen molar-refractivity contribution in [3.63, 3.8) is 0 Å². The highest BCUT2D eigenvalue weighted by Gasteiger charge is 2.27. The number of hydrogen-bond acceptors (Lipinski definition) is 6. The quantitative estimate of drug-likeness (QED) is 0.451. The van der Waals surface area contributed by atoms with Crippen LogP contribution in [0.3, 0.4) is 0 Å². The van der Waals surface area contributed by atoms with Crippen LogP contribution in [-0.4, -0.2) is 34.7 Å². The molecule has 0 spiro atoms. The lowest BCUT2D eigenvalue weighted by atomic mass is 9.98. The van der Waals surface area contributed by atoms with E-state index in [9.17, 15) is 9.59 Å². The molecule has 2 N–H and O–H groups in total. The molecule has 2 amide bonds. The van der Waals surface area contributed by atoms with E-state index in [1.165, 1.54) is 11.3 Å². The molecule has 0 saturated heterocycles. The molecule has 7 nitrogen and oxygen atoms in total. The van der Waals surface area contributed by atoms with Crippen LogP contribution in [-0.2, 0) is 20.9 Å². The summed E-state index contributed by atoms with van der Waals surface area (Å²) in [5.41, 5.74) is 1.79. The average molecular weight is 473 g/mol. The number of amides is 2. The van der Waals surface area contributed by atoms with E-state index < -0.39 is 6.04 Å². The van der Waals surface area contributed by atoms with Gasteiger partial charge in [-0.2, -0.15) is 0 Å². The Bertz CT molecular complexity index is 1040. The maximum absolute atomic E-state index is 12.9. The molecule has 1 heterocycles. The van der Waals surface area contributed by atoms with Crippen LogP contribution in [0.25, 0.3) is 10.6 Å². The Kier molecular flexibility index (Phi) is 8.72. The molecular weight excluding hydrogens is 448 g/mol. The van der Waals surface area contributed by atoms with Crippen LogP contribution < -0.4 is 10.6 Å². The van der Waals surface area contributed by atoms with Gasteiger partial charge in [-0.3, -0.25) is 14.9 Å². The summed E-state index contributed by atoms with van der Waals surface area (Å²) in [5, 5.41) is 15.3. The average Bonchev–Trinajstić information content (AvgIpc) is 3.26. The largest absolute Gasteiger partial charge is 0.367 e. The molecule has 0 aliphatic rings. The van der Waals surface area contributed by atoms with Crippen molar-refractivity contribution >= 4 is 39.9 Å². The molecule has 0 saturated carbocycles. The predicted octanol–water partition coefficient (Wildman–Crippen LogP) is 4.54. The first-order valence-electron chi connectivity index (χ1n) is 10.3. The lowest BCUT2D eigenvalue weighted by molar-refractivity contribution is -0.131. The van der Waals surface area contributed by atoms with Crippen molar-refractivity contribution in [2.24, 2.45) is 5.92 Å². The van der Waals surface area contributed by atoms with Crippen LogP contribution >= 0.6 is 22.9 Å². The number of benzene rings is 2. The Balaban J connectivity index is 1.58. The molecule has 0 aliphatic heterocycles. The molecular formula is C23H25ClN4O3S.